The Kier molecular flexibility index (Phi) is 6.47. The van der Waals surface area contributed by atoms with E-state index in [4.69, 9.17) is 5.73 Å². The number of rotatable bonds is 7. The smallest absolute Gasteiger partial charge is 0.253 e. The molecule has 1 aliphatic rings. The van der Waals surface area contributed by atoms with Crippen LogP contribution in [0.1, 0.15) is 55.5 Å². The standard InChI is InChI=1S/C19H31N3O3S/c1-14-9-10-15(18(23)22(4)13-19(2,3)12-20)11-17(14)26(24,25)21-16-7-5-6-8-16/h9-11,16,21H,5-8,12-13,20H2,1-4H3. The van der Waals surface area contributed by atoms with Gasteiger partial charge in [0.05, 0.1) is 4.90 Å². The average molecular weight is 382 g/mol. The summed E-state index contributed by atoms with van der Waals surface area (Å²) in [5.74, 6) is -0.205. The Morgan fingerprint density at radius 1 is 1.31 bits per heavy atom. The average Bonchev–Trinajstić information content (AvgIpc) is 3.06. The van der Waals surface area contributed by atoms with Crippen molar-refractivity contribution in [2.24, 2.45) is 11.1 Å². The molecular formula is C19H31N3O3S. The molecule has 146 valence electrons. The highest BCUT2D eigenvalue weighted by Crippen LogP contribution is 2.23. The summed E-state index contributed by atoms with van der Waals surface area (Å²) < 4.78 is 28.3. The first-order valence-electron chi connectivity index (χ1n) is 9.14. The van der Waals surface area contributed by atoms with Crippen molar-refractivity contribution in [1.82, 2.24) is 9.62 Å². The van der Waals surface area contributed by atoms with E-state index in [1.54, 1.807) is 31.0 Å². The number of hydrogen-bond acceptors (Lipinski definition) is 4. The summed E-state index contributed by atoms with van der Waals surface area (Å²) in [6.45, 7) is 6.70. The number of benzene rings is 1. The Morgan fingerprint density at radius 2 is 1.92 bits per heavy atom. The van der Waals surface area contributed by atoms with Crippen LogP contribution in [0.15, 0.2) is 23.1 Å². The highest BCUT2D eigenvalue weighted by atomic mass is 32.2. The van der Waals surface area contributed by atoms with Gasteiger partial charge in [0, 0.05) is 25.2 Å². The zero-order valence-electron chi connectivity index (χ0n) is 16.2. The summed E-state index contributed by atoms with van der Waals surface area (Å²) in [7, 11) is -1.92. The molecule has 0 saturated heterocycles. The molecule has 2 rings (SSSR count). The number of carbonyl (C=O) groups is 1. The molecule has 1 fully saturated rings. The van der Waals surface area contributed by atoms with E-state index in [2.05, 4.69) is 4.72 Å². The van der Waals surface area contributed by atoms with Gasteiger partial charge in [-0.25, -0.2) is 13.1 Å². The molecule has 0 aliphatic heterocycles. The van der Waals surface area contributed by atoms with E-state index < -0.39 is 10.0 Å². The minimum atomic E-state index is -3.64. The summed E-state index contributed by atoms with van der Waals surface area (Å²) in [5, 5.41) is 0. The maximum absolute atomic E-state index is 12.8. The van der Waals surface area contributed by atoms with Crippen molar-refractivity contribution in [1.29, 1.82) is 0 Å². The van der Waals surface area contributed by atoms with Crippen molar-refractivity contribution in [3.05, 3.63) is 29.3 Å². The summed E-state index contributed by atoms with van der Waals surface area (Å²) in [4.78, 5) is 14.5. The van der Waals surface area contributed by atoms with E-state index in [1.165, 1.54) is 6.07 Å². The van der Waals surface area contributed by atoms with E-state index in [9.17, 15) is 13.2 Å². The highest BCUT2D eigenvalue weighted by Gasteiger charge is 2.26. The monoisotopic (exact) mass is 381 g/mol. The van der Waals surface area contributed by atoms with Crippen LogP contribution >= 0.6 is 0 Å². The number of aryl methyl sites for hydroxylation is 1. The number of sulfonamides is 1. The van der Waals surface area contributed by atoms with Crippen LogP contribution in [-0.2, 0) is 10.0 Å². The topological polar surface area (TPSA) is 92.5 Å². The number of nitrogens with two attached hydrogens (primary N) is 1. The molecule has 0 bridgehead atoms. The minimum Gasteiger partial charge on any atom is -0.341 e. The Balaban J connectivity index is 2.24. The maximum Gasteiger partial charge on any atom is 0.253 e. The lowest BCUT2D eigenvalue weighted by molar-refractivity contribution is 0.0740. The Labute approximate surface area is 157 Å². The Bertz CT molecular complexity index is 753. The third kappa shape index (κ3) is 5.05. The molecule has 3 N–H and O–H groups in total. The van der Waals surface area contributed by atoms with Crippen molar-refractivity contribution in [2.75, 3.05) is 20.1 Å². The number of nitrogens with zero attached hydrogens (tertiary/aromatic N) is 1. The molecule has 1 aromatic carbocycles. The molecule has 7 heteroatoms. The fourth-order valence-electron chi connectivity index (χ4n) is 3.35. The van der Waals surface area contributed by atoms with Gasteiger partial charge in [-0.15, -0.1) is 0 Å². The van der Waals surface area contributed by atoms with Crippen molar-refractivity contribution in [2.45, 2.75) is 57.4 Å². The van der Waals surface area contributed by atoms with Gasteiger partial charge in [0.1, 0.15) is 0 Å². The van der Waals surface area contributed by atoms with E-state index in [-0.39, 0.29) is 22.3 Å². The zero-order chi connectivity index (χ0) is 19.5. The zero-order valence-corrected chi connectivity index (χ0v) is 17.0. The molecule has 1 aliphatic carbocycles. The summed E-state index contributed by atoms with van der Waals surface area (Å²) in [6.07, 6.45) is 3.83. The fourth-order valence-corrected chi connectivity index (χ4v) is 4.92. The number of carbonyl (C=O) groups excluding carboxylic acids is 1. The largest absolute Gasteiger partial charge is 0.341 e. The molecule has 0 spiro atoms. The normalized spacial score (nSPS) is 16.0. The molecule has 26 heavy (non-hydrogen) atoms. The van der Waals surface area contributed by atoms with Gasteiger partial charge in [-0.05, 0) is 49.4 Å². The van der Waals surface area contributed by atoms with Crippen LogP contribution < -0.4 is 10.5 Å². The summed E-state index contributed by atoms with van der Waals surface area (Å²) in [6, 6.07) is 4.85. The Morgan fingerprint density at radius 3 is 2.50 bits per heavy atom. The van der Waals surface area contributed by atoms with Gasteiger partial charge in [0.25, 0.3) is 5.91 Å². The van der Waals surface area contributed by atoms with Crippen LogP contribution in [0.5, 0.6) is 0 Å². The second-order valence-corrected chi connectivity index (χ2v) is 9.79. The molecule has 1 amide bonds. The number of hydrogen-bond donors (Lipinski definition) is 2. The molecule has 1 saturated carbocycles. The first-order chi connectivity index (χ1) is 12.1. The predicted molar refractivity (Wildman–Crippen MR) is 104 cm³/mol. The van der Waals surface area contributed by atoms with Crippen LogP contribution in [-0.4, -0.2) is 45.4 Å². The van der Waals surface area contributed by atoms with Crippen LogP contribution in [0.3, 0.4) is 0 Å². The fraction of sp³-hybridized carbons (Fsp3) is 0.632. The maximum atomic E-state index is 12.8. The van der Waals surface area contributed by atoms with Crippen molar-refractivity contribution < 1.29 is 13.2 Å². The SMILES string of the molecule is Cc1ccc(C(=O)N(C)CC(C)(C)CN)cc1S(=O)(=O)NC1CCCC1. The molecule has 0 heterocycles. The summed E-state index contributed by atoms with van der Waals surface area (Å²) in [5.41, 5.74) is 6.56. The first-order valence-corrected chi connectivity index (χ1v) is 10.6. The minimum absolute atomic E-state index is 0.00761. The van der Waals surface area contributed by atoms with Crippen LogP contribution in [0, 0.1) is 12.3 Å². The molecule has 1 aromatic rings. The van der Waals surface area contributed by atoms with Gasteiger partial charge in [-0.1, -0.05) is 32.8 Å². The molecule has 0 atom stereocenters. The summed E-state index contributed by atoms with van der Waals surface area (Å²) >= 11 is 0. The lowest BCUT2D eigenvalue weighted by Gasteiger charge is -2.29. The van der Waals surface area contributed by atoms with Gasteiger partial charge >= 0.3 is 0 Å². The molecule has 0 aromatic heterocycles. The van der Waals surface area contributed by atoms with Gasteiger partial charge < -0.3 is 10.6 Å². The van der Waals surface area contributed by atoms with Crippen molar-refractivity contribution in [3.8, 4) is 0 Å². The molecule has 0 unspecified atom stereocenters. The second kappa shape index (κ2) is 8.06. The quantitative estimate of drug-likeness (QED) is 0.758. The number of amides is 1. The van der Waals surface area contributed by atoms with Gasteiger partial charge in [-0.2, -0.15) is 0 Å². The molecule has 0 radical (unpaired) electrons. The predicted octanol–water partition coefficient (Wildman–Crippen LogP) is 2.27. The van der Waals surface area contributed by atoms with E-state index in [0.29, 0.717) is 24.2 Å². The van der Waals surface area contributed by atoms with Gasteiger partial charge in [0.2, 0.25) is 10.0 Å². The lowest BCUT2D eigenvalue weighted by atomic mass is 9.93. The number of nitrogens with one attached hydrogen (secondary N) is 1. The first kappa shape index (κ1) is 20.9. The Hall–Kier alpha value is -1.44. The van der Waals surface area contributed by atoms with E-state index in [0.717, 1.165) is 25.7 Å². The second-order valence-electron chi connectivity index (χ2n) is 8.11. The van der Waals surface area contributed by atoms with E-state index in [1.807, 2.05) is 13.8 Å². The molecular weight excluding hydrogens is 350 g/mol. The van der Waals surface area contributed by atoms with Crippen LogP contribution in [0.4, 0.5) is 0 Å². The third-order valence-corrected chi connectivity index (χ3v) is 6.63. The molecule has 6 nitrogen and oxygen atoms in total. The third-order valence-electron chi connectivity index (χ3n) is 4.97. The van der Waals surface area contributed by atoms with Crippen LogP contribution in [0.2, 0.25) is 0 Å². The van der Waals surface area contributed by atoms with Crippen molar-refractivity contribution in [3.63, 3.8) is 0 Å². The van der Waals surface area contributed by atoms with Gasteiger partial charge in [0.15, 0.2) is 0 Å². The highest BCUT2D eigenvalue weighted by molar-refractivity contribution is 7.89. The van der Waals surface area contributed by atoms with Gasteiger partial charge in [-0.3, -0.25) is 4.79 Å². The van der Waals surface area contributed by atoms with E-state index >= 15 is 0 Å². The van der Waals surface area contributed by atoms with Crippen LogP contribution in [0.25, 0.3) is 0 Å². The lowest BCUT2D eigenvalue weighted by Crippen LogP contribution is -2.40. The van der Waals surface area contributed by atoms with Crippen molar-refractivity contribution >= 4 is 15.9 Å².